The van der Waals surface area contributed by atoms with Crippen LogP contribution in [0.4, 0.5) is 0 Å². The van der Waals surface area contributed by atoms with Crippen molar-refractivity contribution in [1.29, 1.82) is 5.26 Å². The number of carboxylic acids is 1. The van der Waals surface area contributed by atoms with E-state index in [-0.39, 0.29) is 11.3 Å². The Kier molecular flexibility index (Phi) is 3.44. The van der Waals surface area contributed by atoms with Gasteiger partial charge in [-0.1, -0.05) is 12.1 Å². The summed E-state index contributed by atoms with van der Waals surface area (Å²) in [7, 11) is 0. The van der Waals surface area contributed by atoms with Gasteiger partial charge < -0.3 is 9.84 Å². The quantitative estimate of drug-likeness (QED) is 0.910. The Morgan fingerprint density at radius 3 is 2.89 bits per heavy atom. The summed E-state index contributed by atoms with van der Waals surface area (Å²) in [5.74, 6) is -0.386. The van der Waals surface area contributed by atoms with Crippen molar-refractivity contribution in [2.75, 3.05) is 0 Å². The topological polar surface area (TPSA) is 83.2 Å². The predicted octanol–water partition coefficient (Wildman–Crippen LogP) is 2.75. The minimum atomic E-state index is -1.08. The Hall–Kier alpha value is -2.87. The van der Waals surface area contributed by atoms with Crippen molar-refractivity contribution >= 4 is 5.97 Å². The molecular formula is C14H10N2O3. The van der Waals surface area contributed by atoms with E-state index in [1.807, 2.05) is 19.1 Å². The Morgan fingerprint density at radius 2 is 2.21 bits per heavy atom. The number of ether oxygens (including phenoxy) is 1. The third-order valence-corrected chi connectivity index (χ3v) is 2.51. The van der Waals surface area contributed by atoms with Crippen LogP contribution in [0.1, 0.15) is 21.5 Å². The highest BCUT2D eigenvalue weighted by atomic mass is 16.5. The van der Waals surface area contributed by atoms with Crippen LogP contribution in [0.15, 0.2) is 36.7 Å². The molecule has 0 amide bonds. The molecule has 1 aromatic heterocycles. The van der Waals surface area contributed by atoms with Crippen LogP contribution in [0.25, 0.3) is 0 Å². The van der Waals surface area contributed by atoms with Gasteiger partial charge in [0.1, 0.15) is 17.6 Å². The number of carbonyl (C=O) groups is 1. The molecular weight excluding hydrogens is 244 g/mol. The van der Waals surface area contributed by atoms with Gasteiger partial charge in [0.2, 0.25) is 0 Å². The number of nitrogens with zero attached hydrogens (tertiary/aromatic N) is 2. The lowest BCUT2D eigenvalue weighted by Crippen LogP contribution is -1.98. The number of hydrogen-bond acceptors (Lipinski definition) is 4. The molecule has 0 spiro atoms. The Morgan fingerprint density at radius 1 is 1.42 bits per heavy atom. The Labute approximate surface area is 109 Å². The van der Waals surface area contributed by atoms with E-state index in [1.165, 1.54) is 18.5 Å². The monoisotopic (exact) mass is 254 g/mol. The maximum atomic E-state index is 10.8. The van der Waals surface area contributed by atoms with Crippen molar-refractivity contribution in [2.45, 2.75) is 6.92 Å². The second-order valence-corrected chi connectivity index (χ2v) is 3.88. The third kappa shape index (κ3) is 2.69. The molecule has 0 aliphatic rings. The molecule has 2 rings (SSSR count). The molecule has 0 bridgehead atoms. The summed E-state index contributed by atoms with van der Waals surface area (Å²) in [6.45, 7) is 1.81. The molecule has 0 aliphatic carbocycles. The van der Waals surface area contributed by atoms with Gasteiger partial charge in [-0.15, -0.1) is 0 Å². The average molecular weight is 254 g/mol. The van der Waals surface area contributed by atoms with E-state index in [4.69, 9.17) is 15.1 Å². The summed E-state index contributed by atoms with van der Waals surface area (Å²) in [5.41, 5.74) is 1.21. The summed E-state index contributed by atoms with van der Waals surface area (Å²) in [5, 5.41) is 17.9. The van der Waals surface area contributed by atoms with Crippen molar-refractivity contribution in [3.8, 4) is 17.6 Å². The lowest BCUT2D eigenvalue weighted by atomic mass is 10.1. The fourth-order valence-electron chi connectivity index (χ4n) is 1.59. The van der Waals surface area contributed by atoms with Gasteiger partial charge in [0.15, 0.2) is 0 Å². The number of aryl methyl sites for hydroxylation is 1. The van der Waals surface area contributed by atoms with E-state index < -0.39 is 5.97 Å². The van der Waals surface area contributed by atoms with Crippen molar-refractivity contribution in [2.24, 2.45) is 0 Å². The molecule has 19 heavy (non-hydrogen) atoms. The Bertz CT molecular complexity index is 675. The van der Waals surface area contributed by atoms with Gasteiger partial charge >= 0.3 is 5.97 Å². The summed E-state index contributed by atoms with van der Waals surface area (Å²) < 4.78 is 5.57. The fourth-order valence-corrected chi connectivity index (χ4v) is 1.59. The van der Waals surface area contributed by atoms with Crippen LogP contribution in [0, 0.1) is 18.3 Å². The largest absolute Gasteiger partial charge is 0.478 e. The lowest BCUT2D eigenvalue weighted by molar-refractivity contribution is 0.0696. The number of aromatic carboxylic acids is 1. The molecule has 5 nitrogen and oxygen atoms in total. The van der Waals surface area contributed by atoms with Gasteiger partial charge in [0.25, 0.3) is 0 Å². The highest BCUT2D eigenvalue weighted by molar-refractivity contribution is 5.87. The molecule has 0 radical (unpaired) electrons. The first-order valence-electron chi connectivity index (χ1n) is 5.47. The van der Waals surface area contributed by atoms with Gasteiger partial charge in [0, 0.05) is 6.20 Å². The molecule has 0 saturated carbocycles. The number of rotatable bonds is 3. The zero-order chi connectivity index (χ0) is 13.8. The van der Waals surface area contributed by atoms with Crippen LogP contribution in [0.5, 0.6) is 11.5 Å². The van der Waals surface area contributed by atoms with E-state index in [2.05, 4.69) is 4.98 Å². The van der Waals surface area contributed by atoms with E-state index in [1.54, 1.807) is 12.1 Å². The lowest BCUT2D eigenvalue weighted by Gasteiger charge is -2.10. The SMILES string of the molecule is Cc1cccc(C#N)c1Oc1cncc(C(=O)O)c1. The highest BCUT2D eigenvalue weighted by Gasteiger charge is 2.10. The van der Waals surface area contributed by atoms with E-state index in [9.17, 15) is 4.79 Å². The summed E-state index contributed by atoms with van der Waals surface area (Å²) in [4.78, 5) is 14.6. The maximum Gasteiger partial charge on any atom is 0.337 e. The van der Waals surface area contributed by atoms with Crippen molar-refractivity contribution in [3.05, 3.63) is 53.3 Å². The molecule has 1 aromatic carbocycles. The number of carboxylic acid groups (broad SMARTS) is 1. The molecule has 0 atom stereocenters. The number of aromatic nitrogens is 1. The first-order chi connectivity index (χ1) is 9.11. The number of para-hydroxylation sites is 1. The second kappa shape index (κ2) is 5.19. The van der Waals surface area contributed by atoms with E-state index in [0.29, 0.717) is 11.3 Å². The smallest absolute Gasteiger partial charge is 0.337 e. The average Bonchev–Trinajstić information content (AvgIpc) is 2.41. The van der Waals surface area contributed by atoms with Crippen LogP contribution in [0.3, 0.4) is 0 Å². The number of pyridine rings is 1. The fraction of sp³-hybridized carbons (Fsp3) is 0.0714. The van der Waals surface area contributed by atoms with Crippen molar-refractivity contribution < 1.29 is 14.6 Å². The van der Waals surface area contributed by atoms with Gasteiger partial charge in [-0.05, 0) is 24.6 Å². The molecule has 1 heterocycles. The van der Waals surface area contributed by atoms with Crippen LogP contribution in [-0.4, -0.2) is 16.1 Å². The first kappa shape index (κ1) is 12.6. The van der Waals surface area contributed by atoms with Crippen LogP contribution in [0.2, 0.25) is 0 Å². The minimum absolute atomic E-state index is 0.0320. The standard InChI is InChI=1S/C14H10N2O3/c1-9-3-2-4-10(6-15)13(9)19-12-5-11(14(17)18)7-16-8-12/h2-5,7-8H,1H3,(H,17,18). The second-order valence-electron chi connectivity index (χ2n) is 3.88. The normalized spacial score (nSPS) is 9.68. The molecule has 5 heteroatoms. The summed E-state index contributed by atoms with van der Waals surface area (Å²) >= 11 is 0. The van der Waals surface area contributed by atoms with E-state index in [0.717, 1.165) is 5.56 Å². The van der Waals surface area contributed by atoms with E-state index >= 15 is 0 Å². The zero-order valence-electron chi connectivity index (χ0n) is 10.1. The third-order valence-electron chi connectivity index (χ3n) is 2.51. The molecule has 0 unspecified atom stereocenters. The van der Waals surface area contributed by atoms with Gasteiger partial charge in [-0.25, -0.2) is 4.79 Å². The van der Waals surface area contributed by atoms with Crippen LogP contribution in [-0.2, 0) is 0 Å². The number of benzene rings is 1. The summed E-state index contributed by atoms with van der Waals surface area (Å²) in [6.07, 6.45) is 2.64. The van der Waals surface area contributed by atoms with Crippen LogP contribution < -0.4 is 4.74 Å². The first-order valence-corrected chi connectivity index (χ1v) is 5.47. The number of hydrogen-bond donors (Lipinski definition) is 1. The molecule has 0 fully saturated rings. The van der Waals surface area contributed by atoms with Crippen molar-refractivity contribution in [1.82, 2.24) is 4.98 Å². The molecule has 2 aromatic rings. The minimum Gasteiger partial charge on any atom is -0.478 e. The maximum absolute atomic E-state index is 10.8. The molecule has 1 N–H and O–H groups in total. The highest BCUT2D eigenvalue weighted by Crippen LogP contribution is 2.28. The molecule has 0 saturated heterocycles. The van der Waals surface area contributed by atoms with Gasteiger partial charge in [-0.3, -0.25) is 4.98 Å². The number of nitriles is 1. The van der Waals surface area contributed by atoms with Crippen molar-refractivity contribution in [3.63, 3.8) is 0 Å². The van der Waals surface area contributed by atoms with Gasteiger partial charge in [-0.2, -0.15) is 5.26 Å². The van der Waals surface area contributed by atoms with Crippen LogP contribution >= 0.6 is 0 Å². The zero-order valence-corrected chi connectivity index (χ0v) is 10.1. The predicted molar refractivity (Wildman–Crippen MR) is 67.2 cm³/mol. The molecule has 0 aliphatic heterocycles. The summed E-state index contributed by atoms with van der Waals surface area (Å²) in [6, 6.07) is 8.60. The molecule has 94 valence electrons. The Balaban J connectivity index is 2.39. The van der Waals surface area contributed by atoms with Gasteiger partial charge in [0.05, 0.1) is 17.3 Å².